The summed E-state index contributed by atoms with van der Waals surface area (Å²) in [5.41, 5.74) is 0. The zero-order valence-electron chi connectivity index (χ0n) is 20.4. The molecule has 0 atom stereocenters. The minimum Gasteiger partial charge on any atom is -1.00 e. The number of allylic oxidation sites excluding steroid dienone is 1. The smallest absolute Gasteiger partial charge is 0.0766 e. The average molecular weight is 430 g/mol. The number of halogens is 1. The summed E-state index contributed by atoms with van der Waals surface area (Å²) in [5.74, 6) is 0. The van der Waals surface area contributed by atoms with Gasteiger partial charge in [0.05, 0.1) is 20.6 Å². The van der Waals surface area contributed by atoms with Gasteiger partial charge in [0, 0.05) is 0 Å². The minimum atomic E-state index is 0. The van der Waals surface area contributed by atoms with E-state index in [-0.39, 0.29) is 12.4 Å². The molecule has 1 N–H and O–H groups in total. The molecule has 0 aromatic carbocycles. The molecule has 0 saturated carbocycles. The fourth-order valence-electron chi connectivity index (χ4n) is 4.13. The van der Waals surface area contributed by atoms with Crippen molar-refractivity contribution in [2.45, 2.75) is 141 Å². The summed E-state index contributed by atoms with van der Waals surface area (Å²) in [7, 11) is 4.52. The van der Waals surface area contributed by atoms with E-state index in [9.17, 15) is 0 Å². The molecule has 0 amide bonds. The molecule has 0 aliphatic rings. The maximum atomic E-state index is 3.79. The summed E-state index contributed by atoms with van der Waals surface area (Å²) in [6.07, 6.45) is 33.9. The SMILES string of the molecule is C=CCCCCCCCCCCCCCCCCCCCCCCC[NH+](C)C.[Cl-]. The van der Waals surface area contributed by atoms with Crippen LogP contribution in [-0.2, 0) is 0 Å². The summed E-state index contributed by atoms with van der Waals surface area (Å²) in [6.45, 7) is 5.13. The van der Waals surface area contributed by atoms with Crippen molar-refractivity contribution in [2.75, 3.05) is 20.6 Å². The van der Waals surface area contributed by atoms with Crippen LogP contribution in [0.4, 0.5) is 0 Å². The second-order valence-corrected chi connectivity index (χ2v) is 9.46. The van der Waals surface area contributed by atoms with Gasteiger partial charge in [-0.05, 0) is 25.7 Å². The van der Waals surface area contributed by atoms with Crippen molar-refractivity contribution >= 4 is 0 Å². The van der Waals surface area contributed by atoms with Gasteiger partial charge in [0.25, 0.3) is 0 Å². The molecule has 0 saturated heterocycles. The molecule has 0 aromatic rings. The lowest BCUT2D eigenvalue weighted by Gasteiger charge is -2.06. The Labute approximate surface area is 191 Å². The van der Waals surface area contributed by atoms with Crippen LogP contribution in [0.5, 0.6) is 0 Å². The second-order valence-electron chi connectivity index (χ2n) is 9.46. The average Bonchev–Trinajstić information content (AvgIpc) is 2.68. The Hall–Kier alpha value is -0.0100. The van der Waals surface area contributed by atoms with Crippen LogP contribution in [0.15, 0.2) is 12.7 Å². The number of hydrogen-bond donors (Lipinski definition) is 1. The molecular weight excluding hydrogens is 374 g/mol. The monoisotopic (exact) mass is 429 g/mol. The van der Waals surface area contributed by atoms with E-state index in [0.29, 0.717) is 0 Å². The molecule has 0 fully saturated rings. The molecule has 0 heterocycles. The van der Waals surface area contributed by atoms with E-state index >= 15 is 0 Å². The lowest BCUT2D eigenvalue weighted by atomic mass is 10.0. The quantitative estimate of drug-likeness (QED) is 0.164. The van der Waals surface area contributed by atoms with Gasteiger partial charge in [-0.3, -0.25) is 0 Å². The lowest BCUT2D eigenvalue weighted by molar-refractivity contribution is -0.858. The van der Waals surface area contributed by atoms with Gasteiger partial charge in [0.2, 0.25) is 0 Å². The highest BCUT2D eigenvalue weighted by molar-refractivity contribution is 4.65. The molecule has 0 unspecified atom stereocenters. The van der Waals surface area contributed by atoms with Gasteiger partial charge in [-0.15, -0.1) is 6.58 Å². The molecule has 0 aliphatic heterocycles. The second kappa shape index (κ2) is 28.0. The first-order chi connectivity index (χ1) is 13.8. The Kier molecular flexibility index (Phi) is 30.1. The fourth-order valence-corrected chi connectivity index (χ4v) is 4.13. The Bertz CT molecular complexity index is 290. The Morgan fingerprint density at radius 3 is 0.931 bits per heavy atom. The van der Waals surface area contributed by atoms with E-state index in [0.717, 1.165) is 0 Å². The predicted octanol–water partition coefficient (Wildman–Crippen LogP) is 4.90. The van der Waals surface area contributed by atoms with Gasteiger partial charge in [0.1, 0.15) is 0 Å². The zero-order valence-corrected chi connectivity index (χ0v) is 21.2. The summed E-state index contributed by atoms with van der Waals surface area (Å²) in [6, 6.07) is 0. The number of quaternary nitrogens is 1. The van der Waals surface area contributed by atoms with Crippen LogP contribution in [0, 0.1) is 0 Å². The van der Waals surface area contributed by atoms with E-state index in [2.05, 4.69) is 26.8 Å². The molecule has 29 heavy (non-hydrogen) atoms. The molecule has 0 aliphatic carbocycles. The Balaban J connectivity index is 0. The normalized spacial score (nSPS) is 11.0. The first kappa shape index (κ1) is 31.2. The van der Waals surface area contributed by atoms with Crippen molar-refractivity contribution in [2.24, 2.45) is 0 Å². The maximum absolute atomic E-state index is 3.79. The Morgan fingerprint density at radius 2 is 0.690 bits per heavy atom. The molecular formula is C27H56ClN. The first-order valence-electron chi connectivity index (χ1n) is 13.2. The van der Waals surface area contributed by atoms with Crippen molar-refractivity contribution in [1.29, 1.82) is 0 Å². The third kappa shape index (κ3) is 30.3. The molecule has 0 aromatic heterocycles. The number of unbranched alkanes of at least 4 members (excludes halogenated alkanes) is 21. The lowest BCUT2D eigenvalue weighted by Crippen LogP contribution is -3.05. The van der Waals surface area contributed by atoms with Crippen LogP contribution in [0.25, 0.3) is 0 Å². The van der Waals surface area contributed by atoms with Crippen molar-refractivity contribution in [1.82, 2.24) is 0 Å². The highest BCUT2D eigenvalue weighted by Crippen LogP contribution is 2.15. The molecule has 176 valence electrons. The molecule has 1 nitrogen and oxygen atoms in total. The number of nitrogens with one attached hydrogen (secondary N) is 1. The standard InChI is InChI=1S/C27H55N.ClH/c1-4-5-6-7-8-9-10-11-12-13-14-15-16-17-18-19-20-21-22-23-24-25-26-27-28(2)3;/h4H,1,5-27H2,2-3H3;1H. The molecule has 0 rings (SSSR count). The summed E-state index contributed by atoms with van der Waals surface area (Å²) in [5, 5.41) is 0. The van der Waals surface area contributed by atoms with Crippen LogP contribution in [0.2, 0.25) is 0 Å². The maximum Gasteiger partial charge on any atom is 0.0766 e. The topological polar surface area (TPSA) is 4.44 Å². The van der Waals surface area contributed by atoms with Gasteiger partial charge < -0.3 is 17.3 Å². The highest BCUT2D eigenvalue weighted by atomic mass is 35.5. The molecule has 0 radical (unpaired) electrons. The van der Waals surface area contributed by atoms with Gasteiger partial charge in [-0.25, -0.2) is 0 Å². The van der Waals surface area contributed by atoms with E-state index < -0.39 is 0 Å². The molecule has 0 spiro atoms. The third-order valence-corrected chi connectivity index (χ3v) is 6.09. The summed E-state index contributed by atoms with van der Waals surface area (Å²) in [4.78, 5) is 1.60. The van der Waals surface area contributed by atoms with Gasteiger partial charge >= 0.3 is 0 Å². The van der Waals surface area contributed by atoms with Crippen molar-refractivity contribution < 1.29 is 17.3 Å². The fraction of sp³-hybridized carbons (Fsp3) is 0.926. The van der Waals surface area contributed by atoms with Crippen LogP contribution in [0.3, 0.4) is 0 Å². The molecule has 0 bridgehead atoms. The number of rotatable bonds is 24. The van der Waals surface area contributed by atoms with E-state index in [1.807, 2.05) is 0 Å². The Morgan fingerprint density at radius 1 is 0.448 bits per heavy atom. The van der Waals surface area contributed by atoms with Gasteiger partial charge in [-0.2, -0.15) is 0 Å². The van der Waals surface area contributed by atoms with Gasteiger partial charge in [-0.1, -0.05) is 122 Å². The van der Waals surface area contributed by atoms with Crippen LogP contribution >= 0.6 is 0 Å². The van der Waals surface area contributed by atoms with Crippen LogP contribution in [0.1, 0.15) is 141 Å². The predicted molar refractivity (Wildman–Crippen MR) is 129 cm³/mol. The van der Waals surface area contributed by atoms with Crippen LogP contribution in [-0.4, -0.2) is 20.6 Å². The highest BCUT2D eigenvalue weighted by Gasteiger charge is 1.96. The van der Waals surface area contributed by atoms with Crippen molar-refractivity contribution in [3.05, 3.63) is 12.7 Å². The zero-order chi connectivity index (χ0) is 20.5. The van der Waals surface area contributed by atoms with Crippen molar-refractivity contribution in [3.63, 3.8) is 0 Å². The summed E-state index contributed by atoms with van der Waals surface area (Å²) < 4.78 is 0. The van der Waals surface area contributed by atoms with Crippen molar-refractivity contribution in [3.8, 4) is 0 Å². The first-order valence-corrected chi connectivity index (χ1v) is 13.2. The third-order valence-electron chi connectivity index (χ3n) is 6.09. The number of hydrogen-bond acceptors (Lipinski definition) is 0. The summed E-state index contributed by atoms with van der Waals surface area (Å²) >= 11 is 0. The van der Waals surface area contributed by atoms with E-state index in [1.165, 1.54) is 148 Å². The largest absolute Gasteiger partial charge is 1.00 e. The van der Waals surface area contributed by atoms with Crippen LogP contribution < -0.4 is 17.3 Å². The molecule has 2 heteroatoms. The van der Waals surface area contributed by atoms with E-state index in [1.54, 1.807) is 4.90 Å². The van der Waals surface area contributed by atoms with Gasteiger partial charge in [0.15, 0.2) is 0 Å². The van der Waals surface area contributed by atoms with E-state index in [4.69, 9.17) is 0 Å². The minimum absolute atomic E-state index is 0.